The molecule has 0 spiro atoms. The van der Waals surface area contributed by atoms with E-state index >= 15 is 0 Å². The Morgan fingerprint density at radius 2 is 2.05 bits per heavy atom. The van der Waals surface area contributed by atoms with Crippen molar-refractivity contribution >= 4 is 0 Å². The molecule has 1 fully saturated rings. The zero-order valence-electron chi connectivity index (χ0n) is 13.0. The van der Waals surface area contributed by atoms with Gasteiger partial charge in [0.2, 0.25) is 0 Å². The van der Waals surface area contributed by atoms with Crippen LogP contribution in [0.3, 0.4) is 0 Å². The lowest BCUT2D eigenvalue weighted by Gasteiger charge is -2.48. The van der Waals surface area contributed by atoms with Crippen molar-refractivity contribution in [1.29, 1.82) is 0 Å². The van der Waals surface area contributed by atoms with Crippen molar-refractivity contribution in [3.8, 4) is 0 Å². The summed E-state index contributed by atoms with van der Waals surface area (Å²) in [6.45, 7) is 9.88. The standard InChI is InChI=1S/C16H26FN3/c1-12-9-13(5-6-14(12)17)15(10-18)20-8-7-19(4)16(2,3)11-20/h5-6,9,15H,7-8,10-11,18H2,1-4H3. The SMILES string of the molecule is Cc1cc(C(CN)N2CCN(C)C(C)(C)C2)ccc1F. The minimum absolute atomic E-state index is 0.140. The Balaban J connectivity index is 2.22. The minimum atomic E-state index is -0.150. The molecule has 1 atom stereocenters. The molecular weight excluding hydrogens is 253 g/mol. The predicted octanol–water partition coefficient (Wildman–Crippen LogP) is 2.16. The molecule has 4 heteroatoms. The number of hydrogen-bond donors (Lipinski definition) is 1. The van der Waals surface area contributed by atoms with E-state index < -0.39 is 0 Å². The summed E-state index contributed by atoms with van der Waals surface area (Å²) in [6, 6.07) is 5.51. The van der Waals surface area contributed by atoms with Crippen LogP contribution in [0, 0.1) is 12.7 Å². The quantitative estimate of drug-likeness (QED) is 0.920. The lowest BCUT2D eigenvalue weighted by molar-refractivity contribution is 0.0180. The van der Waals surface area contributed by atoms with Gasteiger partial charge in [0.1, 0.15) is 5.82 Å². The summed E-state index contributed by atoms with van der Waals surface area (Å²) in [5, 5.41) is 0. The van der Waals surface area contributed by atoms with E-state index in [9.17, 15) is 4.39 Å². The molecule has 3 nitrogen and oxygen atoms in total. The molecule has 112 valence electrons. The lowest BCUT2D eigenvalue weighted by atomic mass is 9.95. The van der Waals surface area contributed by atoms with E-state index in [1.165, 1.54) is 0 Å². The maximum atomic E-state index is 13.4. The van der Waals surface area contributed by atoms with Crippen LogP contribution in [-0.2, 0) is 0 Å². The first kappa shape index (κ1) is 15.4. The molecule has 1 aliphatic rings. The minimum Gasteiger partial charge on any atom is -0.329 e. The smallest absolute Gasteiger partial charge is 0.126 e. The summed E-state index contributed by atoms with van der Waals surface area (Å²) in [4.78, 5) is 4.81. The van der Waals surface area contributed by atoms with Gasteiger partial charge in [-0.05, 0) is 45.0 Å². The van der Waals surface area contributed by atoms with Crippen LogP contribution in [-0.4, -0.2) is 48.6 Å². The number of piperazine rings is 1. The third kappa shape index (κ3) is 3.03. The van der Waals surface area contributed by atoms with E-state index in [-0.39, 0.29) is 17.4 Å². The Hall–Kier alpha value is -0.970. The average Bonchev–Trinajstić information content (AvgIpc) is 2.38. The molecule has 1 aromatic rings. The molecular formula is C16H26FN3. The van der Waals surface area contributed by atoms with Crippen molar-refractivity contribution in [2.45, 2.75) is 32.4 Å². The van der Waals surface area contributed by atoms with Crippen LogP contribution in [0.25, 0.3) is 0 Å². The molecule has 1 aromatic carbocycles. The number of halogens is 1. The molecule has 0 amide bonds. The highest BCUT2D eigenvalue weighted by Gasteiger charge is 2.34. The number of nitrogens with zero attached hydrogens (tertiary/aromatic N) is 2. The van der Waals surface area contributed by atoms with Crippen LogP contribution in [0.1, 0.15) is 31.0 Å². The van der Waals surface area contributed by atoms with Gasteiger partial charge in [0, 0.05) is 37.8 Å². The normalized spacial score (nSPS) is 21.9. The van der Waals surface area contributed by atoms with Gasteiger partial charge in [-0.15, -0.1) is 0 Å². The van der Waals surface area contributed by atoms with E-state index in [0.29, 0.717) is 12.1 Å². The van der Waals surface area contributed by atoms with Gasteiger partial charge in [0.15, 0.2) is 0 Å². The predicted molar refractivity (Wildman–Crippen MR) is 81.2 cm³/mol. The molecule has 20 heavy (non-hydrogen) atoms. The van der Waals surface area contributed by atoms with Crippen LogP contribution in [0.2, 0.25) is 0 Å². The number of nitrogens with two attached hydrogens (primary N) is 1. The van der Waals surface area contributed by atoms with Gasteiger partial charge in [-0.25, -0.2) is 4.39 Å². The van der Waals surface area contributed by atoms with Crippen LogP contribution in [0.5, 0.6) is 0 Å². The van der Waals surface area contributed by atoms with Crippen LogP contribution in [0.4, 0.5) is 4.39 Å². The summed E-state index contributed by atoms with van der Waals surface area (Å²) < 4.78 is 13.4. The second-order valence-corrected chi connectivity index (χ2v) is 6.46. The van der Waals surface area contributed by atoms with Gasteiger partial charge in [0.25, 0.3) is 0 Å². The van der Waals surface area contributed by atoms with Gasteiger partial charge >= 0.3 is 0 Å². The molecule has 2 rings (SSSR count). The zero-order valence-corrected chi connectivity index (χ0v) is 13.0. The third-order valence-corrected chi connectivity index (χ3v) is 4.58. The van der Waals surface area contributed by atoms with E-state index in [1.54, 1.807) is 13.0 Å². The summed E-state index contributed by atoms with van der Waals surface area (Å²) in [5.41, 5.74) is 7.94. The van der Waals surface area contributed by atoms with Gasteiger partial charge in [-0.1, -0.05) is 12.1 Å². The third-order valence-electron chi connectivity index (χ3n) is 4.58. The average molecular weight is 279 g/mol. The van der Waals surface area contributed by atoms with E-state index in [1.807, 2.05) is 12.1 Å². The molecule has 1 unspecified atom stereocenters. The number of aryl methyl sites for hydroxylation is 1. The van der Waals surface area contributed by atoms with Crippen LogP contribution >= 0.6 is 0 Å². The molecule has 0 aromatic heterocycles. The Morgan fingerprint density at radius 1 is 1.35 bits per heavy atom. The number of hydrogen-bond acceptors (Lipinski definition) is 3. The van der Waals surface area contributed by atoms with Crippen molar-refractivity contribution < 1.29 is 4.39 Å². The van der Waals surface area contributed by atoms with E-state index in [2.05, 4.69) is 30.7 Å². The fourth-order valence-electron chi connectivity index (χ4n) is 2.92. The zero-order chi connectivity index (χ0) is 14.9. The molecule has 1 aliphatic heterocycles. The first-order chi connectivity index (χ1) is 9.35. The molecule has 0 bridgehead atoms. The van der Waals surface area contributed by atoms with Crippen LogP contribution < -0.4 is 5.73 Å². The highest BCUT2D eigenvalue weighted by atomic mass is 19.1. The largest absolute Gasteiger partial charge is 0.329 e. The Morgan fingerprint density at radius 3 is 2.60 bits per heavy atom. The summed E-state index contributed by atoms with van der Waals surface area (Å²) in [6.07, 6.45) is 0. The summed E-state index contributed by atoms with van der Waals surface area (Å²) in [5.74, 6) is -0.150. The number of likely N-dealkylation sites (N-methyl/N-ethyl adjacent to an activating group) is 1. The maximum absolute atomic E-state index is 13.4. The first-order valence-corrected chi connectivity index (χ1v) is 7.26. The summed E-state index contributed by atoms with van der Waals surface area (Å²) >= 11 is 0. The Kier molecular flexibility index (Phi) is 4.47. The molecule has 0 aliphatic carbocycles. The van der Waals surface area contributed by atoms with Crippen molar-refractivity contribution in [3.05, 3.63) is 35.1 Å². The fourth-order valence-corrected chi connectivity index (χ4v) is 2.92. The van der Waals surface area contributed by atoms with Crippen molar-refractivity contribution in [2.24, 2.45) is 5.73 Å². The number of rotatable bonds is 3. The van der Waals surface area contributed by atoms with Gasteiger partial charge in [-0.2, -0.15) is 0 Å². The Bertz CT molecular complexity index is 473. The Labute approximate surface area is 121 Å². The van der Waals surface area contributed by atoms with Gasteiger partial charge in [-0.3, -0.25) is 9.80 Å². The second-order valence-electron chi connectivity index (χ2n) is 6.46. The second kappa shape index (κ2) is 5.80. The molecule has 1 saturated heterocycles. The molecule has 0 radical (unpaired) electrons. The lowest BCUT2D eigenvalue weighted by Crippen LogP contribution is -2.58. The van der Waals surface area contributed by atoms with E-state index in [4.69, 9.17) is 5.73 Å². The van der Waals surface area contributed by atoms with Gasteiger partial charge in [0.05, 0.1) is 0 Å². The number of benzene rings is 1. The van der Waals surface area contributed by atoms with Crippen molar-refractivity contribution in [1.82, 2.24) is 9.80 Å². The maximum Gasteiger partial charge on any atom is 0.126 e. The molecule has 2 N–H and O–H groups in total. The monoisotopic (exact) mass is 279 g/mol. The van der Waals surface area contributed by atoms with Crippen molar-refractivity contribution in [2.75, 3.05) is 33.2 Å². The van der Waals surface area contributed by atoms with Gasteiger partial charge < -0.3 is 5.73 Å². The highest BCUT2D eigenvalue weighted by molar-refractivity contribution is 5.27. The molecule has 0 saturated carbocycles. The topological polar surface area (TPSA) is 32.5 Å². The fraction of sp³-hybridized carbons (Fsp3) is 0.625. The van der Waals surface area contributed by atoms with E-state index in [0.717, 1.165) is 25.2 Å². The van der Waals surface area contributed by atoms with Crippen molar-refractivity contribution in [3.63, 3.8) is 0 Å². The first-order valence-electron chi connectivity index (χ1n) is 7.26. The van der Waals surface area contributed by atoms with Crippen LogP contribution in [0.15, 0.2) is 18.2 Å². The summed E-state index contributed by atoms with van der Waals surface area (Å²) in [7, 11) is 2.16. The highest BCUT2D eigenvalue weighted by Crippen LogP contribution is 2.28. The molecule has 1 heterocycles.